The second-order valence-electron chi connectivity index (χ2n) is 5.20. The van der Waals surface area contributed by atoms with Crippen LogP contribution in [-0.4, -0.2) is 24.8 Å². The van der Waals surface area contributed by atoms with E-state index in [0.29, 0.717) is 24.7 Å². The Bertz CT molecular complexity index is 314. The Morgan fingerprint density at radius 2 is 1.28 bits per heavy atom. The summed E-state index contributed by atoms with van der Waals surface area (Å²) in [6.07, 6.45) is 5.44. The Morgan fingerprint density at radius 3 is 1.61 bits per heavy atom. The van der Waals surface area contributed by atoms with Crippen molar-refractivity contribution in [3.63, 3.8) is 0 Å². The van der Waals surface area contributed by atoms with Gasteiger partial charge in [-0.2, -0.15) is 0 Å². The van der Waals surface area contributed by atoms with Crippen LogP contribution >= 0.6 is 8.25 Å². The van der Waals surface area contributed by atoms with Crippen molar-refractivity contribution in [1.29, 1.82) is 0 Å². The largest absolute Gasteiger partial charge is 0.319 e. The molecule has 0 unspecified atom stereocenters. The zero-order valence-corrected chi connectivity index (χ0v) is 11.4. The molecule has 2 saturated carbocycles. The summed E-state index contributed by atoms with van der Waals surface area (Å²) in [5.74, 6) is 0.932. The first-order valence-corrected chi connectivity index (χ1v) is 7.69. The molecule has 0 spiro atoms. The van der Waals surface area contributed by atoms with E-state index >= 15 is 0 Å². The predicted molar refractivity (Wildman–Crippen MR) is 65.6 cm³/mol. The molecule has 2 fully saturated rings. The number of ketones is 2. The van der Waals surface area contributed by atoms with E-state index < -0.39 is 8.25 Å². The average molecular weight is 274 g/mol. The minimum absolute atomic E-state index is 0.0382. The summed E-state index contributed by atoms with van der Waals surface area (Å²) in [6.45, 7) is -0.323. The molecular weight excluding hydrogens is 255 g/mol. The SMILES string of the molecule is O=C(CO[PH](=O)OCC(=O)CC1CC1)CC1CC1. The van der Waals surface area contributed by atoms with Crippen molar-refractivity contribution < 1.29 is 23.2 Å². The van der Waals surface area contributed by atoms with E-state index in [2.05, 4.69) is 0 Å². The van der Waals surface area contributed by atoms with Gasteiger partial charge in [0.15, 0.2) is 11.6 Å². The monoisotopic (exact) mass is 274 g/mol. The zero-order chi connectivity index (χ0) is 13.0. The van der Waals surface area contributed by atoms with Gasteiger partial charge in [-0.05, 0) is 37.5 Å². The van der Waals surface area contributed by atoms with Gasteiger partial charge in [0.2, 0.25) is 0 Å². The lowest BCUT2D eigenvalue weighted by molar-refractivity contribution is -0.121. The van der Waals surface area contributed by atoms with Crippen molar-refractivity contribution in [2.45, 2.75) is 38.5 Å². The maximum atomic E-state index is 11.3. The van der Waals surface area contributed by atoms with Crippen molar-refractivity contribution >= 4 is 19.8 Å². The van der Waals surface area contributed by atoms with Crippen LogP contribution in [0.5, 0.6) is 0 Å². The van der Waals surface area contributed by atoms with Crippen molar-refractivity contribution in [3.05, 3.63) is 0 Å². The fraction of sp³-hybridized carbons (Fsp3) is 0.833. The first-order valence-electron chi connectivity index (χ1n) is 6.46. The molecule has 2 aliphatic carbocycles. The van der Waals surface area contributed by atoms with E-state index in [4.69, 9.17) is 9.05 Å². The number of hydrogen-bond donors (Lipinski definition) is 0. The Kier molecular flexibility index (Phi) is 5.10. The number of carbonyl (C=O) groups excluding carboxylic acids is 2. The maximum Gasteiger partial charge on any atom is 0.319 e. The Balaban J connectivity index is 1.50. The van der Waals surface area contributed by atoms with Crippen molar-refractivity contribution in [1.82, 2.24) is 0 Å². The standard InChI is InChI=1S/C12H19O5P/c13-11(5-9-1-2-9)7-16-18(15)17-8-12(14)6-10-3-4-10/h9-10,18H,1-8H2. The number of hydrogen-bond acceptors (Lipinski definition) is 5. The van der Waals surface area contributed by atoms with Crippen LogP contribution in [0.4, 0.5) is 0 Å². The van der Waals surface area contributed by atoms with E-state index in [1.807, 2.05) is 0 Å². The molecule has 5 nitrogen and oxygen atoms in total. The van der Waals surface area contributed by atoms with Gasteiger partial charge in [-0.25, -0.2) is 0 Å². The van der Waals surface area contributed by atoms with Crippen LogP contribution in [0, 0.1) is 11.8 Å². The summed E-state index contributed by atoms with van der Waals surface area (Å²) in [7, 11) is -2.70. The van der Waals surface area contributed by atoms with Gasteiger partial charge in [-0.1, -0.05) is 0 Å². The summed E-state index contributed by atoms with van der Waals surface area (Å²) < 4.78 is 20.9. The van der Waals surface area contributed by atoms with Gasteiger partial charge < -0.3 is 9.05 Å². The molecule has 0 aromatic carbocycles. The fourth-order valence-corrected chi connectivity index (χ4v) is 2.37. The highest BCUT2D eigenvalue weighted by Crippen LogP contribution is 2.34. The molecule has 2 rings (SSSR count). The Hall–Kier alpha value is -0.510. The van der Waals surface area contributed by atoms with Crippen molar-refractivity contribution in [2.24, 2.45) is 11.8 Å². The van der Waals surface area contributed by atoms with E-state index in [1.165, 1.54) is 0 Å². The van der Waals surface area contributed by atoms with Crippen LogP contribution in [0.25, 0.3) is 0 Å². The summed E-state index contributed by atoms with van der Waals surface area (Å²) >= 11 is 0. The lowest BCUT2D eigenvalue weighted by Gasteiger charge is -2.04. The van der Waals surface area contributed by atoms with E-state index in [1.54, 1.807) is 0 Å². The topological polar surface area (TPSA) is 69.7 Å². The summed E-state index contributed by atoms with van der Waals surface area (Å²) in [5.41, 5.74) is 0. The molecule has 0 atom stereocenters. The molecular formula is C12H19O5P. The van der Waals surface area contributed by atoms with Gasteiger partial charge in [-0.3, -0.25) is 14.2 Å². The van der Waals surface area contributed by atoms with Gasteiger partial charge >= 0.3 is 8.25 Å². The van der Waals surface area contributed by atoms with Gasteiger partial charge in [0.05, 0.1) is 0 Å². The molecule has 0 heterocycles. The average Bonchev–Trinajstić information content (AvgIpc) is 3.19. The maximum absolute atomic E-state index is 11.3. The van der Waals surface area contributed by atoms with Gasteiger partial charge in [0.25, 0.3) is 0 Å². The Morgan fingerprint density at radius 1 is 0.889 bits per heavy atom. The van der Waals surface area contributed by atoms with Crippen LogP contribution < -0.4 is 0 Å². The fourth-order valence-electron chi connectivity index (χ4n) is 1.73. The molecule has 0 saturated heterocycles. The molecule has 0 radical (unpaired) electrons. The third-order valence-electron chi connectivity index (χ3n) is 3.13. The van der Waals surface area contributed by atoms with Crippen molar-refractivity contribution in [3.8, 4) is 0 Å². The summed E-state index contributed by atoms with van der Waals surface area (Å²) in [5, 5.41) is 0. The molecule has 6 heteroatoms. The van der Waals surface area contributed by atoms with Crippen LogP contribution in [-0.2, 0) is 23.2 Å². The minimum Gasteiger partial charge on any atom is -0.303 e. The highest BCUT2D eigenvalue weighted by atomic mass is 31.1. The second-order valence-corrected chi connectivity index (χ2v) is 6.28. The predicted octanol–water partition coefficient (Wildman–Crippen LogP) is 2.15. The third kappa shape index (κ3) is 5.89. The number of Topliss-reactive ketones (excluding diaryl/α,β-unsaturated/α-hetero) is 2. The van der Waals surface area contributed by atoms with Gasteiger partial charge in [0.1, 0.15) is 13.2 Å². The van der Waals surface area contributed by atoms with E-state index in [0.717, 1.165) is 25.7 Å². The van der Waals surface area contributed by atoms with Crippen LogP contribution in [0.1, 0.15) is 38.5 Å². The third-order valence-corrected chi connectivity index (χ3v) is 3.89. The zero-order valence-electron chi connectivity index (χ0n) is 10.4. The normalized spacial score (nSPS) is 19.2. The molecule has 0 N–H and O–H groups in total. The molecule has 0 aliphatic heterocycles. The quantitative estimate of drug-likeness (QED) is 0.571. The summed E-state index contributed by atoms with van der Waals surface area (Å²) in [6, 6.07) is 0. The molecule has 2 aliphatic rings. The molecule has 0 bridgehead atoms. The minimum atomic E-state index is -2.70. The van der Waals surface area contributed by atoms with E-state index in [-0.39, 0.29) is 24.8 Å². The van der Waals surface area contributed by atoms with Crippen LogP contribution in [0.3, 0.4) is 0 Å². The van der Waals surface area contributed by atoms with Crippen molar-refractivity contribution in [2.75, 3.05) is 13.2 Å². The van der Waals surface area contributed by atoms with Gasteiger partial charge in [-0.15, -0.1) is 0 Å². The first kappa shape index (κ1) is 13.9. The lowest BCUT2D eigenvalue weighted by Crippen LogP contribution is -2.09. The molecule has 102 valence electrons. The van der Waals surface area contributed by atoms with Crippen LogP contribution in [0.2, 0.25) is 0 Å². The first-order chi connectivity index (χ1) is 8.63. The molecule has 0 amide bonds. The lowest BCUT2D eigenvalue weighted by atomic mass is 10.2. The molecule has 0 aromatic heterocycles. The number of rotatable bonds is 10. The second kappa shape index (κ2) is 6.60. The smallest absolute Gasteiger partial charge is 0.303 e. The highest BCUT2D eigenvalue weighted by molar-refractivity contribution is 7.33. The summed E-state index contributed by atoms with van der Waals surface area (Å²) in [4.78, 5) is 22.6. The Labute approximate surface area is 107 Å². The molecule has 18 heavy (non-hydrogen) atoms. The number of carbonyl (C=O) groups is 2. The highest BCUT2D eigenvalue weighted by Gasteiger charge is 2.25. The molecule has 0 aromatic rings. The van der Waals surface area contributed by atoms with Gasteiger partial charge in [0, 0.05) is 12.8 Å². The van der Waals surface area contributed by atoms with Crippen LogP contribution in [0.15, 0.2) is 0 Å². The van der Waals surface area contributed by atoms with E-state index in [9.17, 15) is 14.2 Å².